The van der Waals surface area contributed by atoms with E-state index in [1.165, 1.54) is 11.1 Å². The lowest BCUT2D eigenvalue weighted by Gasteiger charge is -2.29. The highest BCUT2D eigenvalue weighted by Crippen LogP contribution is 2.48. The number of nitrogens with two attached hydrogens (primary N) is 1. The van der Waals surface area contributed by atoms with E-state index in [0.29, 0.717) is 6.54 Å². The third-order valence-corrected chi connectivity index (χ3v) is 6.71. The number of anilines is 1. The molecule has 1 aliphatic carbocycles. The first-order chi connectivity index (χ1) is 16.5. The summed E-state index contributed by atoms with van der Waals surface area (Å²) >= 11 is 0. The van der Waals surface area contributed by atoms with Gasteiger partial charge in [0, 0.05) is 55.8 Å². The minimum Gasteiger partial charge on any atom is -0.380 e. The molecule has 3 aromatic rings. The summed E-state index contributed by atoms with van der Waals surface area (Å²) in [7, 11) is 1.64. The van der Waals surface area contributed by atoms with Crippen molar-refractivity contribution in [1.82, 2.24) is 9.97 Å². The van der Waals surface area contributed by atoms with Crippen LogP contribution in [0.1, 0.15) is 43.9 Å². The van der Waals surface area contributed by atoms with E-state index in [9.17, 15) is 4.79 Å². The second-order valence-corrected chi connectivity index (χ2v) is 9.13. The average Bonchev–Trinajstić information content (AvgIpc) is 3.69. The number of hydrogen-bond donors (Lipinski definition) is 1. The molecule has 2 aromatic carbocycles. The van der Waals surface area contributed by atoms with Crippen molar-refractivity contribution >= 4 is 11.6 Å². The van der Waals surface area contributed by atoms with Crippen molar-refractivity contribution in [3.8, 4) is 11.1 Å². The highest BCUT2D eigenvalue weighted by molar-refractivity contribution is 5.97. The summed E-state index contributed by atoms with van der Waals surface area (Å²) in [6.45, 7) is 4.51. The molecular weight excluding hydrogens is 424 g/mol. The highest BCUT2D eigenvalue weighted by Gasteiger charge is 2.47. The number of carbonyl (C=O) groups is 1. The van der Waals surface area contributed by atoms with E-state index in [4.69, 9.17) is 10.5 Å². The van der Waals surface area contributed by atoms with Gasteiger partial charge < -0.3 is 15.4 Å². The van der Waals surface area contributed by atoms with Gasteiger partial charge in [0.1, 0.15) is 0 Å². The quantitative estimate of drug-likeness (QED) is 0.480. The number of hydrogen-bond acceptors (Lipinski definition) is 5. The summed E-state index contributed by atoms with van der Waals surface area (Å²) in [5.74, 6) is 0.0827. The molecule has 6 nitrogen and oxygen atoms in total. The molecule has 1 aromatic heterocycles. The highest BCUT2D eigenvalue weighted by atomic mass is 16.5. The number of benzene rings is 2. The number of aromatic nitrogens is 2. The molecular formula is C28H34N4O2. The molecule has 1 fully saturated rings. The summed E-state index contributed by atoms with van der Waals surface area (Å²) in [4.78, 5) is 23.9. The number of carbonyl (C=O) groups excluding carboxylic acids is 1. The smallest absolute Gasteiger partial charge is 0.230 e. The molecule has 1 saturated carbocycles. The molecule has 178 valence electrons. The van der Waals surface area contributed by atoms with Crippen LogP contribution in [0, 0.1) is 5.92 Å². The van der Waals surface area contributed by atoms with Gasteiger partial charge in [-0.25, -0.2) is 0 Å². The van der Waals surface area contributed by atoms with Gasteiger partial charge in [0.2, 0.25) is 5.91 Å². The van der Waals surface area contributed by atoms with Crippen LogP contribution in [0.3, 0.4) is 0 Å². The first-order valence-electron chi connectivity index (χ1n) is 12.1. The molecule has 0 bridgehead atoms. The molecule has 4 unspecified atom stereocenters. The molecule has 6 heteroatoms. The molecule has 4 atom stereocenters. The van der Waals surface area contributed by atoms with Crippen molar-refractivity contribution < 1.29 is 9.53 Å². The van der Waals surface area contributed by atoms with Gasteiger partial charge >= 0.3 is 0 Å². The molecule has 0 aliphatic heterocycles. The number of ether oxygens (including phenoxy) is 1. The Morgan fingerprint density at radius 3 is 2.38 bits per heavy atom. The number of rotatable bonds is 10. The van der Waals surface area contributed by atoms with Crippen LogP contribution in [0.5, 0.6) is 0 Å². The Morgan fingerprint density at radius 1 is 1.12 bits per heavy atom. The molecule has 0 spiro atoms. The fourth-order valence-corrected chi connectivity index (χ4v) is 4.34. The molecule has 0 radical (unpaired) electrons. The average molecular weight is 459 g/mol. The number of methoxy groups -OCH3 is 1. The summed E-state index contributed by atoms with van der Waals surface area (Å²) in [6.07, 6.45) is 7.93. The fraction of sp³-hybridized carbons (Fsp3) is 0.393. The van der Waals surface area contributed by atoms with Crippen LogP contribution in [-0.4, -0.2) is 41.7 Å². The summed E-state index contributed by atoms with van der Waals surface area (Å²) in [5.41, 5.74) is 11.7. The van der Waals surface area contributed by atoms with Crippen molar-refractivity contribution in [3.63, 3.8) is 0 Å². The van der Waals surface area contributed by atoms with Gasteiger partial charge in [0.05, 0.1) is 11.8 Å². The first-order valence-corrected chi connectivity index (χ1v) is 12.1. The van der Waals surface area contributed by atoms with Crippen LogP contribution < -0.4 is 10.6 Å². The van der Waals surface area contributed by atoms with E-state index in [-0.39, 0.29) is 29.9 Å². The summed E-state index contributed by atoms with van der Waals surface area (Å²) in [6, 6.07) is 16.6. The van der Waals surface area contributed by atoms with Crippen molar-refractivity contribution in [1.29, 1.82) is 0 Å². The Kier molecular flexibility index (Phi) is 7.70. The molecule has 4 rings (SSSR count). The topological polar surface area (TPSA) is 81.3 Å². The zero-order valence-electron chi connectivity index (χ0n) is 20.2. The zero-order valence-corrected chi connectivity index (χ0v) is 20.2. The van der Waals surface area contributed by atoms with Gasteiger partial charge in [-0.3, -0.25) is 14.8 Å². The molecule has 0 saturated heterocycles. The van der Waals surface area contributed by atoms with Gasteiger partial charge in [-0.05, 0) is 48.6 Å². The maximum atomic E-state index is 13.6. The van der Waals surface area contributed by atoms with Crippen molar-refractivity contribution in [2.24, 2.45) is 11.7 Å². The molecule has 1 heterocycles. The predicted molar refractivity (Wildman–Crippen MR) is 136 cm³/mol. The second kappa shape index (κ2) is 10.9. The molecule has 1 aliphatic rings. The maximum absolute atomic E-state index is 13.6. The van der Waals surface area contributed by atoms with E-state index in [1.54, 1.807) is 25.7 Å². The van der Waals surface area contributed by atoms with E-state index in [0.717, 1.165) is 36.2 Å². The van der Waals surface area contributed by atoms with Crippen molar-refractivity contribution in [2.45, 2.75) is 51.2 Å². The van der Waals surface area contributed by atoms with Gasteiger partial charge in [-0.2, -0.15) is 0 Å². The number of nitrogens with zero attached hydrogens (tertiary/aromatic N) is 3. The van der Waals surface area contributed by atoms with E-state index in [2.05, 4.69) is 53.3 Å². The Labute approximate surface area is 202 Å². The van der Waals surface area contributed by atoms with Crippen LogP contribution >= 0.6 is 0 Å². The van der Waals surface area contributed by atoms with Crippen LogP contribution in [0.15, 0.2) is 67.1 Å². The standard InChI is InChI=1S/C28H34N4O2/c1-4-5-20-6-8-21(9-7-20)22-10-12-23(13-11-22)32(18-26(29)19(2)34-3)28(33)25-16-24(25)27-17-30-14-15-31-27/h6-15,17,19,24-26H,4-5,16,18,29H2,1-3H3. The molecule has 34 heavy (non-hydrogen) atoms. The minimum absolute atomic E-state index is 0.0751. The lowest BCUT2D eigenvalue weighted by Crippen LogP contribution is -2.47. The minimum atomic E-state index is -0.298. The number of aryl methyl sites for hydroxylation is 1. The summed E-state index contributed by atoms with van der Waals surface area (Å²) in [5, 5.41) is 0. The Bertz CT molecular complexity index is 1070. The van der Waals surface area contributed by atoms with Crippen LogP contribution in [0.25, 0.3) is 11.1 Å². The Morgan fingerprint density at radius 2 is 1.79 bits per heavy atom. The third-order valence-electron chi connectivity index (χ3n) is 6.71. The maximum Gasteiger partial charge on any atom is 0.230 e. The van der Waals surface area contributed by atoms with Crippen LogP contribution in [0.4, 0.5) is 5.69 Å². The number of amides is 1. The Hall–Kier alpha value is -3.09. The monoisotopic (exact) mass is 458 g/mol. The van der Waals surface area contributed by atoms with Gasteiger partial charge in [-0.1, -0.05) is 49.7 Å². The van der Waals surface area contributed by atoms with E-state index >= 15 is 0 Å². The third kappa shape index (κ3) is 5.51. The molecule has 1 amide bonds. The predicted octanol–water partition coefficient (Wildman–Crippen LogP) is 4.60. The summed E-state index contributed by atoms with van der Waals surface area (Å²) < 4.78 is 5.42. The van der Waals surface area contributed by atoms with Crippen molar-refractivity contribution in [2.75, 3.05) is 18.6 Å². The van der Waals surface area contributed by atoms with Gasteiger partial charge in [0.25, 0.3) is 0 Å². The van der Waals surface area contributed by atoms with E-state index < -0.39 is 0 Å². The van der Waals surface area contributed by atoms with Gasteiger partial charge in [0.15, 0.2) is 0 Å². The lowest BCUT2D eigenvalue weighted by molar-refractivity contribution is -0.120. The fourth-order valence-electron chi connectivity index (χ4n) is 4.34. The van der Waals surface area contributed by atoms with E-state index in [1.807, 2.05) is 24.0 Å². The van der Waals surface area contributed by atoms with Crippen LogP contribution in [-0.2, 0) is 16.0 Å². The SMILES string of the molecule is CCCc1ccc(-c2ccc(N(CC(N)C(C)OC)C(=O)C3CC3c3cnccn3)cc2)cc1. The second-order valence-electron chi connectivity index (χ2n) is 9.13. The van der Waals surface area contributed by atoms with Gasteiger partial charge in [-0.15, -0.1) is 0 Å². The lowest BCUT2D eigenvalue weighted by atomic mass is 10.0. The largest absolute Gasteiger partial charge is 0.380 e. The first kappa shape index (κ1) is 24.0. The normalized spacial score (nSPS) is 18.8. The van der Waals surface area contributed by atoms with Crippen molar-refractivity contribution in [3.05, 3.63) is 78.4 Å². The Balaban J connectivity index is 1.54. The molecule has 2 N–H and O–H groups in total. The zero-order chi connectivity index (χ0) is 24.1. The van der Waals surface area contributed by atoms with Crippen LogP contribution in [0.2, 0.25) is 0 Å².